The van der Waals surface area contributed by atoms with E-state index in [-0.39, 0.29) is 5.91 Å². The fourth-order valence-electron chi connectivity index (χ4n) is 2.15. The number of fused-ring (bicyclic) bond motifs is 1. The molecule has 0 fully saturated rings. The second-order valence-electron chi connectivity index (χ2n) is 5.68. The van der Waals surface area contributed by atoms with Gasteiger partial charge in [-0.05, 0) is 44.5 Å². The Morgan fingerprint density at radius 1 is 1.30 bits per heavy atom. The molecule has 20 heavy (non-hydrogen) atoms. The van der Waals surface area contributed by atoms with E-state index in [2.05, 4.69) is 5.32 Å². The molecule has 6 heteroatoms. The van der Waals surface area contributed by atoms with E-state index in [1.807, 2.05) is 0 Å². The summed E-state index contributed by atoms with van der Waals surface area (Å²) in [5.41, 5.74) is 0.976. The van der Waals surface area contributed by atoms with Gasteiger partial charge in [0.2, 0.25) is 5.91 Å². The van der Waals surface area contributed by atoms with Gasteiger partial charge in [-0.1, -0.05) is 0 Å². The van der Waals surface area contributed by atoms with Crippen molar-refractivity contribution in [3.05, 3.63) is 29.3 Å². The van der Waals surface area contributed by atoms with Crippen LogP contribution in [0.2, 0.25) is 0 Å². The minimum absolute atomic E-state index is 0.131. The third-order valence-corrected chi connectivity index (χ3v) is 5.30. The Kier molecular flexibility index (Phi) is 3.25. The van der Waals surface area contributed by atoms with Crippen LogP contribution in [0.25, 0.3) is 0 Å². The van der Waals surface area contributed by atoms with E-state index in [0.29, 0.717) is 16.8 Å². The lowest BCUT2D eigenvalue weighted by Crippen LogP contribution is -2.28. The molecule has 0 saturated carbocycles. The van der Waals surface area contributed by atoms with Gasteiger partial charge in [-0.2, -0.15) is 0 Å². The van der Waals surface area contributed by atoms with Crippen LogP contribution in [-0.4, -0.2) is 31.6 Å². The summed E-state index contributed by atoms with van der Waals surface area (Å²) >= 11 is 0. The number of hydrogen-bond acceptors (Lipinski definition) is 4. The third kappa shape index (κ3) is 2.24. The smallest absolute Gasteiger partial charge is 0.234 e. The molecule has 0 aliphatic carbocycles. The number of hydrogen-bond donors (Lipinski definition) is 1. The predicted molar refractivity (Wildman–Crippen MR) is 76.7 cm³/mol. The van der Waals surface area contributed by atoms with Crippen molar-refractivity contribution in [2.24, 2.45) is 0 Å². The van der Waals surface area contributed by atoms with Crippen LogP contribution in [0.3, 0.4) is 0 Å². The van der Waals surface area contributed by atoms with E-state index in [1.54, 1.807) is 32.0 Å². The summed E-state index contributed by atoms with van der Waals surface area (Å²) in [7, 11) is -3.44. The van der Waals surface area contributed by atoms with Crippen molar-refractivity contribution in [3.63, 3.8) is 0 Å². The van der Waals surface area contributed by atoms with Crippen LogP contribution >= 0.6 is 0 Å². The van der Waals surface area contributed by atoms with E-state index in [0.717, 1.165) is 6.26 Å². The fraction of sp³-hybridized carbons (Fsp3) is 0.429. The van der Waals surface area contributed by atoms with E-state index in [4.69, 9.17) is 0 Å². The molecular weight excluding hydrogens is 278 g/mol. The van der Waals surface area contributed by atoms with Crippen LogP contribution in [-0.2, 0) is 20.0 Å². The Hall–Kier alpha value is -1.69. The van der Waals surface area contributed by atoms with E-state index < -0.39 is 26.3 Å². The predicted octanol–water partition coefficient (Wildman–Crippen LogP) is 1.53. The summed E-state index contributed by atoms with van der Waals surface area (Å²) in [6, 6.07) is 4.80. The van der Waals surface area contributed by atoms with Crippen LogP contribution in [0, 0.1) is 0 Å². The SMILES string of the molecule is CC(C(=O)c1ccc2c(c1)C(C)(C)C(=O)N2)S(C)(=O)=O. The summed E-state index contributed by atoms with van der Waals surface area (Å²) in [5.74, 6) is -0.585. The van der Waals surface area contributed by atoms with Gasteiger partial charge < -0.3 is 5.32 Å². The number of anilines is 1. The number of carbonyl (C=O) groups excluding carboxylic acids is 2. The summed E-state index contributed by atoms with van der Waals surface area (Å²) in [6.07, 6.45) is 1.04. The van der Waals surface area contributed by atoms with Gasteiger partial charge in [-0.3, -0.25) is 9.59 Å². The van der Waals surface area contributed by atoms with Crippen molar-refractivity contribution < 1.29 is 18.0 Å². The lowest BCUT2D eigenvalue weighted by Gasteiger charge is -2.16. The lowest BCUT2D eigenvalue weighted by atomic mass is 9.85. The molecule has 2 rings (SSSR count). The molecule has 1 heterocycles. The van der Waals surface area contributed by atoms with Gasteiger partial charge in [0.25, 0.3) is 0 Å². The molecular formula is C14H17NO4S. The fourth-order valence-corrected chi connectivity index (χ4v) is 2.68. The first-order valence-electron chi connectivity index (χ1n) is 6.24. The number of nitrogens with one attached hydrogen (secondary N) is 1. The maximum atomic E-state index is 12.2. The molecule has 0 bridgehead atoms. The Morgan fingerprint density at radius 3 is 2.45 bits per heavy atom. The van der Waals surface area contributed by atoms with Crippen molar-refractivity contribution in [3.8, 4) is 0 Å². The second kappa shape index (κ2) is 4.41. The minimum atomic E-state index is -3.44. The maximum absolute atomic E-state index is 12.2. The van der Waals surface area contributed by atoms with Gasteiger partial charge in [0.05, 0.1) is 5.41 Å². The molecule has 5 nitrogen and oxygen atoms in total. The first-order chi connectivity index (χ1) is 9.05. The number of rotatable bonds is 3. The Morgan fingerprint density at radius 2 is 1.90 bits per heavy atom. The Balaban J connectivity index is 2.46. The highest BCUT2D eigenvalue weighted by Gasteiger charge is 2.39. The summed E-state index contributed by atoms with van der Waals surface area (Å²) in [4.78, 5) is 24.0. The average molecular weight is 295 g/mol. The highest BCUT2D eigenvalue weighted by atomic mass is 32.2. The Bertz CT molecular complexity index is 704. The van der Waals surface area contributed by atoms with Gasteiger partial charge in [0.1, 0.15) is 5.25 Å². The van der Waals surface area contributed by atoms with Crippen molar-refractivity contribution in [2.45, 2.75) is 31.4 Å². The number of ketones is 1. The largest absolute Gasteiger partial charge is 0.325 e. The summed E-state index contributed by atoms with van der Waals surface area (Å²) in [5, 5.41) is 1.66. The molecule has 1 amide bonds. The second-order valence-corrected chi connectivity index (χ2v) is 8.04. The number of Topliss-reactive ketones (excluding diaryl/α,β-unsaturated/α-hetero) is 1. The zero-order chi connectivity index (χ0) is 15.3. The molecule has 0 saturated heterocycles. The van der Waals surface area contributed by atoms with Crippen molar-refractivity contribution >= 4 is 27.2 Å². The molecule has 1 aliphatic heterocycles. The first-order valence-corrected chi connectivity index (χ1v) is 8.19. The Labute approximate surface area is 118 Å². The third-order valence-electron chi connectivity index (χ3n) is 3.80. The van der Waals surface area contributed by atoms with Crippen molar-refractivity contribution in [2.75, 3.05) is 11.6 Å². The van der Waals surface area contributed by atoms with E-state index in [1.165, 1.54) is 6.92 Å². The number of benzene rings is 1. The van der Waals surface area contributed by atoms with E-state index in [9.17, 15) is 18.0 Å². The average Bonchev–Trinajstić information content (AvgIpc) is 2.57. The zero-order valence-corrected chi connectivity index (χ0v) is 12.7. The van der Waals surface area contributed by atoms with Crippen molar-refractivity contribution in [1.29, 1.82) is 0 Å². The topological polar surface area (TPSA) is 80.3 Å². The van der Waals surface area contributed by atoms with Crippen LogP contribution in [0.5, 0.6) is 0 Å². The van der Waals surface area contributed by atoms with Gasteiger partial charge in [0, 0.05) is 17.5 Å². The summed E-state index contributed by atoms with van der Waals surface area (Å²) in [6.45, 7) is 4.91. The van der Waals surface area contributed by atoms with Gasteiger partial charge in [-0.15, -0.1) is 0 Å². The summed E-state index contributed by atoms with van der Waals surface area (Å²) < 4.78 is 22.9. The van der Waals surface area contributed by atoms with Crippen LogP contribution in [0.4, 0.5) is 5.69 Å². The van der Waals surface area contributed by atoms with Crippen LogP contribution in [0.15, 0.2) is 18.2 Å². The molecule has 1 atom stereocenters. The number of amides is 1. The minimum Gasteiger partial charge on any atom is -0.325 e. The van der Waals surface area contributed by atoms with Gasteiger partial charge in [-0.25, -0.2) is 8.42 Å². The van der Waals surface area contributed by atoms with Gasteiger partial charge >= 0.3 is 0 Å². The molecule has 0 aromatic heterocycles. The molecule has 1 aromatic carbocycles. The van der Waals surface area contributed by atoms with Crippen LogP contribution in [0.1, 0.15) is 36.7 Å². The molecule has 108 valence electrons. The van der Waals surface area contributed by atoms with E-state index >= 15 is 0 Å². The first kappa shape index (κ1) is 14.7. The lowest BCUT2D eigenvalue weighted by molar-refractivity contribution is -0.119. The number of sulfone groups is 1. The number of carbonyl (C=O) groups is 2. The monoisotopic (exact) mass is 295 g/mol. The standard InChI is InChI=1S/C14H17NO4S/c1-8(20(4,18)19)12(16)9-5-6-11-10(7-9)14(2,3)13(17)15-11/h5-8H,1-4H3,(H,15,17). The molecule has 0 radical (unpaired) electrons. The highest BCUT2D eigenvalue weighted by molar-refractivity contribution is 7.92. The normalized spacial score (nSPS) is 18.3. The van der Waals surface area contributed by atoms with Crippen LogP contribution < -0.4 is 5.32 Å². The molecule has 1 N–H and O–H groups in total. The quantitative estimate of drug-likeness (QED) is 0.858. The highest BCUT2D eigenvalue weighted by Crippen LogP contribution is 2.37. The molecule has 1 aliphatic rings. The van der Waals surface area contributed by atoms with Crippen molar-refractivity contribution in [1.82, 2.24) is 0 Å². The maximum Gasteiger partial charge on any atom is 0.234 e. The zero-order valence-electron chi connectivity index (χ0n) is 11.9. The molecule has 1 unspecified atom stereocenters. The van der Waals surface area contributed by atoms with Gasteiger partial charge in [0.15, 0.2) is 15.6 Å². The molecule has 0 spiro atoms. The molecule has 1 aromatic rings.